The molecule has 0 radical (unpaired) electrons. The van der Waals surface area contributed by atoms with E-state index < -0.39 is 18.7 Å². The number of hydrogen-bond acceptors (Lipinski definition) is 5. The Bertz CT molecular complexity index is 535. The van der Waals surface area contributed by atoms with E-state index in [0.29, 0.717) is 5.76 Å². The molecule has 0 aromatic carbocycles. The van der Waals surface area contributed by atoms with Crippen molar-refractivity contribution in [3.05, 3.63) is 28.0 Å². The van der Waals surface area contributed by atoms with Gasteiger partial charge in [-0.15, -0.1) is 0 Å². The molecule has 1 aromatic heterocycles. The fourth-order valence-corrected chi connectivity index (χ4v) is 4.15. The Balaban J connectivity index is 1.74. The van der Waals surface area contributed by atoms with Crippen LogP contribution in [0.2, 0.25) is 0 Å². The number of rotatable bonds is 6. The standard InChI is InChI=1S/C10H14N3O5P/c1-8(9-2-3-10(17-9)13(14)15)18-19(16,11-4-5-11)12-6-7-12/h2-3,8H,4-7H2,1H3. The van der Waals surface area contributed by atoms with E-state index in [1.54, 1.807) is 16.3 Å². The molecule has 1 atom stereocenters. The van der Waals surface area contributed by atoms with Gasteiger partial charge in [0.25, 0.3) is 0 Å². The molecule has 0 saturated carbocycles. The molecule has 1 unspecified atom stereocenters. The van der Waals surface area contributed by atoms with Crippen molar-refractivity contribution < 1.29 is 18.4 Å². The maximum absolute atomic E-state index is 12.7. The number of hydrogen-bond donors (Lipinski definition) is 0. The van der Waals surface area contributed by atoms with Gasteiger partial charge in [-0.2, -0.15) is 0 Å². The summed E-state index contributed by atoms with van der Waals surface area (Å²) in [6.07, 6.45) is -0.583. The average Bonchev–Trinajstić information content (AvgIpc) is 3.24. The zero-order chi connectivity index (χ0) is 13.6. The van der Waals surface area contributed by atoms with E-state index in [1.165, 1.54) is 12.1 Å². The lowest BCUT2D eigenvalue weighted by Crippen LogP contribution is -2.10. The summed E-state index contributed by atoms with van der Waals surface area (Å²) in [5, 5.41) is 10.6. The van der Waals surface area contributed by atoms with Crippen LogP contribution < -0.4 is 0 Å². The SMILES string of the molecule is CC(OP(=O)(N1CC1)N1CC1)c1ccc([N+](=O)[O-])o1. The van der Waals surface area contributed by atoms with Crippen molar-refractivity contribution in [2.24, 2.45) is 0 Å². The minimum Gasteiger partial charge on any atom is -0.403 e. The highest BCUT2D eigenvalue weighted by atomic mass is 31.2. The summed E-state index contributed by atoms with van der Waals surface area (Å²) in [4.78, 5) is 9.95. The monoisotopic (exact) mass is 287 g/mol. The summed E-state index contributed by atoms with van der Waals surface area (Å²) in [6, 6.07) is 2.76. The molecule has 9 heteroatoms. The van der Waals surface area contributed by atoms with Crippen LogP contribution in [0.5, 0.6) is 0 Å². The average molecular weight is 287 g/mol. The van der Waals surface area contributed by atoms with E-state index in [-0.39, 0.29) is 5.88 Å². The van der Waals surface area contributed by atoms with Crippen LogP contribution in [0.1, 0.15) is 18.8 Å². The van der Waals surface area contributed by atoms with E-state index in [0.717, 1.165) is 26.2 Å². The van der Waals surface area contributed by atoms with E-state index in [4.69, 9.17) is 8.94 Å². The van der Waals surface area contributed by atoms with Crippen LogP contribution in [0.3, 0.4) is 0 Å². The first-order valence-corrected chi connectivity index (χ1v) is 7.57. The van der Waals surface area contributed by atoms with Gasteiger partial charge in [0.05, 0.1) is 6.07 Å². The highest BCUT2D eigenvalue weighted by molar-refractivity contribution is 7.54. The van der Waals surface area contributed by atoms with Gasteiger partial charge in [0, 0.05) is 26.2 Å². The summed E-state index contributed by atoms with van der Waals surface area (Å²) in [6.45, 7) is 4.73. The molecular weight excluding hydrogens is 273 g/mol. The maximum Gasteiger partial charge on any atom is 0.433 e. The molecule has 2 aliphatic heterocycles. The minimum atomic E-state index is -2.94. The van der Waals surface area contributed by atoms with E-state index in [1.807, 2.05) is 0 Å². The normalized spacial score (nSPS) is 21.3. The molecule has 1 aromatic rings. The van der Waals surface area contributed by atoms with E-state index in [2.05, 4.69) is 0 Å². The Kier molecular flexibility index (Phi) is 2.98. The van der Waals surface area contributed by atoms with Gasteiger partial charge in [-0.1, -0.05) is 0 Å². The van der Waals surface area contributed by atoms with Crippen LogP contribution in [-0.4, -0.2) is 40.4 Å². The molecule has 3 rings (SSSR count). The first-order valence-electron chi connectivity index (χ1n) is 6.04. The van der Waals surface area contributed by atoms with Gasteiger partial charge in [-0.25, -0.2) is 9.34 Å². The summed E-state index contributed by atoms with van der Waals surface area (Å²) < 4.78 is 27.0. The van der Waals surface area contributed by atoms with Crippen molar-refractivity contribution in [1.82, 2.24) is 9.34 Å². The van der Waals surface area contributed by atoms with Crippen LogP contribution in [-0.2, 0) is 9.09 Å². The molecule has 0 bridgehead atoms. The third-order valence-corrected chi connectivity index (χ3v) is 5.87. The highest BCUT2D eigenvalue weighted by Gasteiger charge is 2.50. The summed E-state index contributed by atoms with van der Waals surface area (Å²) in [5.74, 6) is -0.0191. The van der Waals surface area contributed by atoms with Crippen molar-refractivity contribution in [3.63, 3.8) is 0 Å². The Hall–Kier alpha value is -1.21. The lowest BCUT2D eigenvalue weighted by Gasteiger charge is -2.22. The van der Waals surface area contributed by atoms with Gasteiger partial charge in [-0.05, 0) is 13.0 Å². The summed E-state index contributed by atoms with van der Waals surface area (Å²) in [5.41, 5.74) is 0. The maximum atomic E-state index is 12.7. The van der Waals surface area contributed by atoms with Crippen molar-refractivity contribution in [3.8, 4) is 0 Å². The van der Waals surface area contributed by atoms with Crippen molar-refractivity contribution in [2.75, 3.05) is 26.2 Å². The molecule has 2 fully saturated rings. The van der Waals surface area contributed by atoms with Crippen LogP contribution in [0.4, 0.5) is 5.88 Å². The zero-order valence-electron chi connectivity index (χ0n) is 10.4. The van der Waals surface area contributed by atoms with Crippen LogP contribution >= 0.6 is 7.67 Å². The van der Waals surface area contributed by atoms with Crippen molar-refractivity contribution in [2.45, 2.75) is 13.0 Å². The predicted octanol–water partition coefficient (Wildman–Crippen LogP) is 2.00. The number of furan rings is 1. The predicted molar refractivity (Wildman–Crippen MR) is 65.6 cm³/mol. The van der Waals surface area contributed by atoms with Crippen molar-refractivity contribution in [1.29, 1.82) is 0 Å². The number of nitrogens with zero attached hydrogens (tertiary/aromatic N) is 3. The third kappa shape index (κ3) is 2.44. The molecule has 3 heterocycles. The zero-order valence-corrected chi connectivity index (χ0v) is 11.3. The number of nitro groups is 1. The minimum absolute atomic E-state index is 0.315. The van der Waals surface area contributed by atoms with Crippen LogP contribution in [0.25, 0.3) is 0 Å². The molecule has 0 amide bonds. The fraction of sp³-hybridized carbons (Fsp3) is 0.600. The van der Waals surface area contributed by atoms with E-state index >= 15 is 0 Å². The fourth-order valence-electron chi connectivity index (χ4n) is 1.82. The van der Waals surface area contributed by atoms with Gasteiger partial charge in [0.2, 0.25) is 0 Å². The van der Waals surface area contributed by atoms with Gasteiger partial charge in [-0.3, -0.25) is 19.2 Å². The van der Waals surface area contributed by atoms with Gasteiger partial charge in [0.15, 0.2) is 0 Å². The molecular formula is C10H14N3O5P. The molecule has 8 nitrogen and oxygen atoms in total. The van der Waals surface area contributed by atoms with Crippen molar-refractivity contribution >= 4 is 13.6 Å². The first kappa shape index (κ1) is 12.8. The van der Waals surface area contributed by atoms with Gasteiger partial charge >= 0.3 is 13.6 Å². The topological polar surface area (TPSA) is 88.6 Å². The lowest BCUT2D eigenvalue weighted by atomic mass is 10.3. The first-order chi connectivity index (χ1) is 9.00. The highest BCUT2D eigenvalue weighted by Crippen LogP contribution is 2.63. The molecule has 104 valence electrons. The Morgan fingerprint density at radius 2 is 1.95 bits per heavy atom. The quantitative estimate of drug-likeness (QED) is 0.342. The lowest BCUT2D eigenvalue weighted by molar-refractivity contribution is -0.402. The second-order valence-electron chi connectivity index (χ2n) is 4.58. The molecule has 0 spiro atoms. The van der Waals surface area contributed by atoms with Crippen LogP contribution in [0, 0.1) is 10.1 Å². The van der Waals surface area contributed by atoms with Gasteiger partial charge in [0.1, 0.15) is 16.8 Å². The Morgan fingerprint density at radius 3 is 2.37 bits per heavy atom. The molecule has 0 N–H and O–H groups in total. The summed E-state index contributed by atoms with van der Waals surface area (Å²) >= 11 is 0. The molecule has 2 saturated heterocycles. The molecule has 2 aliphatic rings. The smallest absolute Gasteiger partial charge is 0.403 e. The molecule has 0 aliphatic carbocycles. The summed E-state index contributed by atoms with van der Waals surface area (Å²) in [7, 11) is -2.94. The van der Waals surface area contributed by atoms with E-state index in [9.17, 15) is 14.7 Å². The molecule has 19 heavy (non-hydrogen) atoms. The second kappa shape index (κ2) is 4.42. The Labute approximate surface area is 109 Å². The second-order valence-corrected chi connectivity index (χ2v) is 6.90. The third-order valence-electron chi connectivity index (χ3n) is 3.05. The van der Waals surface area contributed by atoms with Crippen LogP contribution in [0.15, 0.2) is 16.5 Å². The Morgan fingerprint density at radius 1 is 1.37 bits per heavy atom. The van der Waals surface area contributed by atoms with Gasteiger partial charge < -0.3 is 4.42 Å². The largest absolute Gasteiger partial charge is 0.433 e.